The molecule has 8 nitrogen and oxygen atoms in total. The number of amides is 1. The van der Waals surface area contributed by atoms with E-state index in [1.54, 1.807) is 38.4 Å². The van der Waals surface area contributed by atoms with Crippen molar-refractivity contribution in [3.8, 4) is 5.75 Å². The Labute approximate surface area is 181 Å². The van der Waals surface area contributed by atoms with E-state index in [0.29, 0.717) is 37.2 Å². The Balaban J connectivity index is 1.61. The Kier molecular flexibility index (Phi) is 8.27. The zero-order chi connectivity index (χ0) is 22.2. The third-order valence-corrected chi connectivity index (χ3v) is 5.40. The fourth-order valence-electron chi connectivity index (χ4n) is 3.63. The van der Waals surface area contributed by atoms with Crippen LogP contribution in [0, 0.1) is 5.92 Å². The van der Waals surface area contributed by atoms with E-state index in [9.17, 15) is 13.6 Å². The quantitative estimate of drug-likeness (QED) is 0.473. The number of likely N-dealkylation sites (N-methyl/N-ethyl adjacent to an activating group) is 1. The molecule has 2 aliphatic rings. The molecule has 1 aromatic rings. The van der Waals surface area contributed by atoms with Gasteiger partial charge in [0.15, 0.2) is 5.96 Å². The van der Waals surface area contributed by atoms with Crippen LogP contribution in [0.25, 0.3) is 0 Å². The summed E-state index contributed by atoms with van der Waals surface area (Å²) in [5.74, 6) is 1.07. The maximum Gasteiger partial charge on any atom is 0.387 e. The number of ether oxygens (including phenoxy) is 2. The Morgan fingerprint density at radius 2 is 2.16 bits per heavy atom. The van der Waals surface area contributed by atoms with Crippen LogP contribution < -0.4 is 20.3 Å². The largest absolute Gasteiger partial charge is 0.433 e. The second kappa shape index (κ2) is 11.1. The number of guanidine groups is 1. The van der Waals surface area contributed by atoms with Gasteiger partial charge in [0.25, 0.3) is 0 Å². The third-order valence-electron chi connectivity index (χ3n) is 5.40. The fourth-order valence-corrected chi connectivity index (χ4v) is 3.63. The van der Waals surface area contributed by atoms with Gasteiger partial charge in [-0.3, -0.25) is 4.79 Å². The fraction of sp³-hybridized carbons (Fsp3) is 0.619. The van der Waals surface area contributed by atoms with Gasteiger partial charge in [-0.1, -0.05) is 12.1 Å². The van der Waals surface area contributed by atoms with Crippen LogP contribution in [-0.4, -0.2) is 82.9 Å². The van der Waals surface area contributed by atoms with E-state index in [-0.39, 0.29) is 24.2 Å². The first-order valence-electron chi connectivity index (χ1n) is 10.5. The highest BCUT2D eigenvalue weighted by molar-refractivity contribution is 5.85. The van der Waals surface area contributed by atoms with Crippen LogP contribution in [0.5, 0.6) is 5.75 Å². The van der Waals surface area contributed by atoms with Crippen LogP contribution in [0.3, 0.4) is 0 Å². The van der Waals surface area contributed by atoms with Gasteiger partial charge in [-0.2, -0.15) is 8.78 Å². The van der Waals surface area contributed by atoms with E-state index >= 15 is 0 Å². The minimum absolute atomic E-state index is 0.0466. The summed E-state index contributed by atoms with van der Waals surface area (Å²) >= 11 is 0. The molecule has 2 unspecified atom stereocenters. The van der Waals surface area contributed by atoms with Gasteiger partial charge < -0.3 is 29.9 Å². The second-order valence-corrected chi connectivity index (χ2v) is 7.99. The Hall–Kier alpha value is -2.62. The molecule has 2 saturated heterocycles. The van der Waals surface area contributed by atoms with Crippen LogP contribution in [0.2, 0.25) is 0 Å². The van der Waals surface area contributed by atoms with Crippen LogP contribution in [0.1, 0.15) is 12.8 Å². The number of benzene rings is 1. The van der Waals surface area contributed by atoms with Crippen molar-refractivity contribution in [1.82, 2.24) is 15.5 Å². The molecule has 2 N–H and O–H groups in total. The molecule has 31 heavy (non-hydrogen) atoms. The van der Waals surface area contributed by atoms with Crippen molar-refractivity contribution in [2.45, 2.75) is 25.5 Å². The average molecular weight is 440 g/mol. The van der Waals surface area contributed by atoms with E-state index in [1.807, 2.05) is 4.90 Å². The van der Waals surface area contributed by atoms with Crippen molar-refractivity contribution in [2.75, 3.05) is 58.4 Å². The number of para-hydroxylation sites is 2. The number of alkyl halides is 2. The van der Waals surface area contributed by atoms with E-state index in [0.717, 1.165) is 26.1 Å². The minimum Gasteiger partial charge on any atom is -0.433 e. The highest BCUT2D eigenvalue weighted by Crippen LogP contribution is 2.31. The zero-order valence-corrected chi connectivity index (χ0v) is 18.0. The molecule has 0 aliphatic carbocycles. The van der Waals surface area contributed by atoms with E-state index in [1.165, 1.54) is 4.90 Å². The molecule has 1 amide bonds. The second-order valence-electron chi connectivity index (χ2n) is 7.99. The lowest BCUT2D eigenvalue weighted by Gasteiger charge is -2.23. The first-order valence-corrected chi connectivity index (χ1v) is 10.5. The third kappa shape index (κ3) is 6.95. The number of rotatable bonds is 8. The maximum absolute atomic E-state index is 12.7. The molecule has 2 fully saturated rings. The van der Waals surface area contributed by atoms with E-state index < -0.39 is 6.61 Å². The first-order chi connectivity index (χ1) is 14.9. The number of aliphatic imine (C=N–C) groups is 1. The van der Waals surface area contributed by atoms with Crippen molar-refractivity contribution >= 4 is 17.6 Å². The molecule has 2 heterocycles. The normalized spacial score (nSPS) is 21.5. The molecule has 0 spiro atoms. The number of nitrogens with one attached hydrogen (secondary N) is 2. The van der Waals surface area contributed by atoms with Gasteiger partial charge in [-0.25, -0.2) is 4.99 Å². The molecule has 10 heteroatoms. The van der Waals surface area contributed by atoms with Gasteiger partial charge in [0.1, 0.15) is 12.3 Å². The molecule has 0 saturated carbocycles. The van der Waals surface area contributed by atoms with Gasteiger partial charge in [-0.15, -0.1) is 0 Å². The Morgan fingerprint density at radius 3 is 2.87 bits per heavy atom. The molecule has 0 radical (unpaired) electrons. The summed E-state index contributed by atoms with van der Waals surface area (Å²) in [5.41, 5.74) is 0.643. The van der Waals surface area contributed by atoms with Gasteiger partial charge in [-0.05, 0) is 25.0 Å². The maximum atomic E-state index is 12.7. The predicted molar refractivity (Wildman–Crippen MR) is 115 cm³/mol. The number of hydrogen-bond acceptors (Lipinski definition) is 5. The smallest absolute Gasteiger partial charge is 0.387 e. The summed E-state index contributed by atoms with van der Waals surface area (Å²) in [4.78, 5) is 19.9. The minimum atomic E-state index is -2.87. The SMILES string of the molecule is CN(C)C(=O)CN=C(NCC1CCOC1)NC1CCN(c2ccccc2OC(F)F)C1. The zero-order valence-electron chi connectivity index (χ0n) is 18.0. The highest BCUT2D eigenvalue weighted by atomic mass is 19.3. The van der Waals surface area contributed by atoms with Crippen molar-refractivity contribution in [3.63, 3.8) is 0 Å². The van der Waals surface area contributed by atoms with Gasteiger partial charge >= 0.3 is 6.61 Å². The van der Waals surface area contributed by atoms with Crippen molar-refractivity contribution < 1.29 is 23.0 Å². The van der Waals surface area contributed by atoms with Crippen LogP contribution >= 0.6 is 0 Å². The summed E-state index contributed by atoms with van der Waals surface area (Å²) in [5, 5.41) is 6.71. The van der Waals surface area contributed by atoms with Crippen molar-refractivity contribution in [2.24, 2.45) is 10.9 Å². The molecular weight excluding hydrogens is 408 g/mol. The van der Waals surface area contributed by atoms with Crippen molar-refractivity contribution in [1.29, 1.82) is 0 Å². The molecule has 1 aromatic carbocycles. The van der Waals surface area contributed by atoms with E-state index in [2.05, 4.69) is 20.4 Å². The number of carbonyl (C=O) groups excluding carboxylic acids is 1. The number of halogens is 2. The topological polar surface area (TPSA) is 78.4 Å². The lowest BCUT2D eigenvalue weighted by Crippen LogP contribution is -2.46. The van der Waals surface area contributed by atoms with Crippen LogP contribution in [0.4, 0.5) is 14.5 Å². The number of anilines is 1. The number of nitrogens with zero attached hydrogens (tertiary/aromatic N) is 3. The summed E-state index contributed by atoms with van der Waals surface area (Å²) in [6.45, 7) is 0.682. The molecule has 3 rings (SSSR count). The summed E-state index contributed by atoms with van der Waals surface area (Å²) in [6, 6.07) is 6.87. The lowest BCUT2D eigenvalue weighted by molar-refractivity contribution is -0.127. The molecule has 172 valence electrons. The number of carbonyl (C=O) groups is 1. The van der Waals surface area contributed by atoms with Gasteiger partial charge in [0.2, 0.25) is 5.91 Å². The standard InChI is InChI=1S/C21H31F2N5O3/c1-27(2)19(29)12-25-21(24-11-15-8-10-30-14-15)26-16-7-9-28(13-16)17-5-3-4-6-18(17)31-20(22)23/h3-6,15-16,20H,7-14H2,1-2H3,(H2,24,25,26). The van der Waals surface area contributed by atoms with Gasteiger partial charge in [0.05, 0.1) is 12.3 Å². The predicted octanol–water partition coefficient (Wildman–Crippen LogP) is 1.53. The van der Waals surface area contributed by atoms with Crippen molar-refractivity contribution in [3.05, 3.63) is 24.3 Å². The molecule has 2 atom stereocenters. The van der Waals surface area contributed by atoms with E-state index in [4.69, 9.17) is 4.74 Å². The van der Waals surface area contributed by atoms with Gasteiger partial charge in [0, 0.05) is 52.3 Å². The molecule has 0 bridgehead atoms. The summed E-state index contributed by atoms with van der Waals surface area (Å²) in [6.07, 6.45) is 1.80. The molecular formula is C21H31F2N5O3. The lowest BCUT2D eigenvalue weighted by atomic mass is 10.1. The molecule has 2 aliphatic heterocycles. The number of hydrogen-bond donors (Lipinski definition) is 2. The summed E-state index contributed by atoms with van der Waals surface area (Å²) < 4.78 is 35.6. The average Bonchev–Trinajstić information content (AvgIpc) is 3.41. The highest BCUT2D eigenvalue weighted by Gasteiger charge is 2.26. The van der Waals surface area contributed by atoms with Crippen LogP contribution in [-0.2, 0) is 9.53 Å². The Morgan fingerprint density at radius 1 is 1.35 bits per heavy atom. The summed E-state index contributed by atoms with van der Waals surface area (Å²) in [7, 11) is 3.39. The first kappa shape index (κ1) is 23.1. The molecule has 0 aromatic heterocycles. The monoisotopic (exact) mass is 439 g/mol. The Bertz CT molecular complexity index is 756. The van der Waals surface area contributed by atoms with Crippen LogP contribution in [0.15, 0.2) is 29.3 Å².